The molecule has 0 radical (unpaired) electrons. The highest BCUT2D eigenvalue weighted by molar-refractivity contribution is 6.02. The Morgan fingerprint density at radius 1 is 0.846 bits per heavy atom. The van der Waals surface area contributed by atoms with E-state index in [4.69, 9.17) is 0 Å². The number of halogens is 2. The van der Waals surface area contributed by atoms with Crippen molar-refractivity contribution in [3.63, 3.8) is 0 Å². The summed E-state index contributed by atoms with van der Waals surface area (Å²) in [6.45, 7) is 0.661. The van der Waals surface area contributed by atoms with Gasteiger partial charge in [0.15, 0.2) is 0 Å². The number of nitrogens with zero attached hydrogens (tertiary/aromatic N) is 1. The first-order valence-corrected chi connectivity index (χ1v) is 8.11. The van der Waals surface area contributed by atoms with Crippen LogP contribution in [0.4, 0.5) is 20.2 Å². The molecule has 0 aliphatic rings. The molecule has 4 nitrogen and oxygen atoms in total. The summed E-state index contributed by atoms with van der Waals surface area (Å²) in [4.78, 5) is 16.2. The van der Waals surface area contributed by atoms with Crippen LogP contribution in [0.5, 0.6) is 0 Å². The number of carbonyl (C=O) groups excluding carboxylic acids is 1. The van der Waals surface area contributed by atoms with Crippen LogP contribution < -0.4 is 10.6 Å². The molecule has 0 aliphatic carbocycles. The van der Waals surface area contributed by atoms with Crippen LogP contribution in [0, 0.1) is 11.6 Å². The Labute approximate surface area is 149 Å². The van der Waals surface area contributed by atoms with Crippen molar-refractivity contribution in [3.05, 3.63) is 89.8 Å². The molecular weight excluding hydrogens is 336 g/mol. The average molecular weight is 353 g/mol. The van der Waals surface area contributed by atoms with Gasteiger partial charge in [-0.25, -0.2) is 13.8 Å². The van der Waals surface area contributed by atoms with Gasteiger partial charge in [0.25, 0.3) is 5.91 Å². The van der Waals surface area contributed by atoms with E-state index in [0.717, 1.165) is 17.7 Å². The van der Waals surface area contributed by atoms with Gasteiger partial charge < -0.3 is 10.6 Å². The summed E-state index contributed by atoms with van der Waals surface area (Å²) in [5.41, 5.74) is 2.57. The Morgan fingerprint density at radius 3 is 2.08 bits per heavy atom. The summed E-state index contributed by atoms with van der Waals surface area (Å²) in [6, 6.07) is 15.3. The van der Waals surface area contributed by atoms with Gasteiger partial charge >= 0.3 is 0 Å². The minimum absolute atomic E-state index is 0.250. The van der Waals surface area contributed by atoms with E-state index >= 15 is 0 Å². The third-order valence-electron chi connectivity index (χ3n) is 3.75. The van der Waals surface area contributed by atoms with E-state index in [9.17, 15) is 13.6 Å². The maximum Gasteiger partial charge on any atom is 0.274 e. The van der Waals surface area contributed by atoms with Crippen LogP contribution in [0.25, 0.3) is 0 Å². The molecule has 0 bridgehead atoms. The summed E-state index contributed by atoms with van der Waals surface area (Å²) in [7, 11) is 0. The van der Waals surface area contributed by atoms with Crippen LogP contribution in [-0.4, -0.2) is 17.4 Å². The Morgan fingerprint density at radius 2 is 1.46 bits per heavy atom. The van der Waals surface area contributed by atoms with Crippen molar-refractivity contribution in [2.45, 2.75) is 6.42 Å². The van der Waals surface area contributed by atoms with Crippen LogP contribution >= 0.6 is 0 Å². The molecule has 2 N–H and O–H groups in total. The topological polar surface area (TPSA) is 54.0 Å². The second-order valence-electron chi connectivity index (χ2n) is 5.70. The summed E-state index contributed by atoms with van der Waals surface area (Å²) in [5, 5.41) is 5.86. The van der Waals surface area contributed by atoms with Crippen LogP contribution in [0.1, 0.15) is 16.1 Å². The minimum atomic E-state index is -0.366. The number of anilines is 2. The molecule has 3 aromatic rings. The zero-order valence-electron chi connectivity index (χ0n) is 13.9. The lowest BCUT2D eigenvalue weighted by Gasteiger charge is -2.08. The largest absolute Gasteiger partial charge is 0.383 e. The number of nitrogens with one attached hydrogen (secondary N) is 2. The zero-order valence-corrected chi connectivity index (χ0v) is 13.9. The monoisotopic (exact) mass is 353 g/mol. The molecule has 0 aliphatic heterocycles. The molecule has 0 fully saturated rings. The molecule has 132 valence electrons. The Kier molecular flexibility index (Phi) is 5.53. The third-order valence-corrected chi connectivity index (χ3v) is 3.75. The summed E-state index contributed by atoms with van der Waals surface area (Å²) >= 11 is 0. The lowest BCUT2D eigenvalue weighted by atomic mass is 10.1. The molecule has 0 spiro atoms. The van der Waals surface area contributed by atoms with Gasteiger partial charge in [-0.3, -0.25) is 4.79 Å². The number of rotatable bonds is 6. The van der Waals surface area contributed by atoms with Crippen molar-refractivity contribution in [2.75, 3.05) is 17.2 Å². The number of amides is 1. The lowest BCUT2D eigenvalue weighted by molar-refractivity contribution is 0.102. The lowest BCUT2D eigenvalue weighted by Crippen LogP contribution is -2.14. The van der Waals surface area contributed by atoms with Crippen molar-refractivity contribution >= 4 is 17.3 Å². The second-order valence-corrected chi connectivity index (χ2v) is 5.70. The van der Waals surface area contributed by atoms with E-state index in [0.29, 0.717) is 12.2 Å². The Balaban J connectivity index is 1.51. The van der Waals surface area contributed by atoms with Crippen molar-refractivity contribution in [1.82, 2.24) is 4.98 Å². The van der Waals surface area contributed by atoms with Crippen molar-refractivity contribution in [3.8, 4) is 0 Å². The van der Waals surface area contributed by atoms with E-state index < -0.39 is 0 Å². The zero-order chi connectivity index (χ0) is 18.4. The van der Waals surface area contributed by atoms with Gasteiger partial charge in [0.05, 0.1) is 11.9 Å². The van der Waals surface area contributed by atoms with E-state index in [2.05, 4.69) is 15.6 Å². The minimum Gasteiger partial charge on any atom is -0.383 e. The number of aromatic nitrogens is 1. The van der Waals surface area contributed by atoms with Crippen molar-refractivity contribution in [2.24, 2.45) is 0 Å². The van der Waals surface area contributed by atoms with E-state index in [-0.39, 0.29) is 23.2 Å². The number of benzene rings is 2. The van der Waals surface area contributed by atoms with Crippen LogP contribution in [0.15, 0.2) is 66.9 Å². The molecule has 1 heterocycles. The highest BCUT2D eigenvalue weighted by Crippen LogP contribution is 2.12. The molecule has 1 aromatic heterocycles. The van der Waals surface area contributed by atoms with Gasteiger partial charge in [-0.05, 0) is 60.5 Å². The fraction of sp³-hybridized carbons (Fsp3) is 0.100. The number of hydrogen-bond acceptors (Lipinski definition) is 3. The van der Waals surface area contributed by atoms with Gasteiger partial charge in [-0.1, -0.05) is 12.1 Å². The van der Waals surface area contributed by atoms with E-state index in [1.165, 1.54) is 36.4 Å². The fourth-order valence-corrected chi connectivity index (χ4v) is 2.36. The van der Waals surface area contributed by atoms with E-state index in [1.807, 2.05) is 0 Å². The molecule has 0 saturated carbocycles. The predicted molar refractivity (Wildman–Crippen MR) is 97.2 cm³/mol. The van der Waals surface area contributed by atoms with Crippen molar-refractivity contribution in [1.29, 1.82) is 0 Å². The van der Waals surface area contributed by atoms with Gasteiger partial charge in [0, 0.05) is 12.2 Å². The molecule has 0 atom stereocenters. The first kappa shape index (κ1) is 17.5. The standard InChI is InChI=1S/C20H17F2N3O/c21-15-3-1-14(2-4-15)11-12-23-18-9-10-19(24-13-18)20(26)25-17-7-5-16(22)6-8-17/h1-10,13,23H,11-12H2,(H,25,26). The second kappa shape index (κ2) is 8.20. The molecule has 0 unspecified atom stereocenters. The average Bonchev–Trinajstić information content (AvgIpc) is 2.66. The van der Waals surface area contributed by atoms with Gasteiger partial charge in [-0.15, -0.1) is 0 Å². The first-order valence-electron chi connectivity index (χ1n) is 8.11. The smallest absolute Gasteiger partial charge is 0.274 e. The van der Waals surface area contributed by atoms with E-state index in [1.54, 1.807) is 30.5 Å². The maximum atomic E-state index is 12.9. The van der Waals surface area contributed by atoms with Crippen LogP contribution in [-0.2, 0) is 6.42 Å². The fourth-order valence-electron chi connectivity index (χ4n) is 2.36. The molecule has 1 amide bonds. The molecule has 6 heteroatoms. The van der Waals surface area contributed by atoms with Gasteiger partial charge in [-0.2, -0.15) is 0 Å². The number of pyridine rings is 1. The number of carbonyl (C=O) groups is 1. The van der Waals surface area contributed by atoms with Crippen LogP contribution in [0.2, 0.25) is 0 Å². The maximum absolute atomic E-state index is 12.9. The van der Waals surface area contributed by atoms with Crippen molar-refractivity contribution < 1.29 is 13.6 Å². The molecule has 26 heavy (non-hydrogen) atoms. The predicted octanol–water partition coefficient (Wildman–Crippen LogP) is 4.27. The SMILES string of the molecule is O=C(Nc1ccc(F)cc1)c1ccc(NCCc2ccc(F)cc2)cn1. The quantitative estimate of drug-likeness (QED) is 0.696. The highest BCUT2D eigenvalue weighted by Gasteiger charge is 2.07. The molecular formula is C20H17F2N3O. The molecule has 3 rings (SSSR count). The Hall–Kier alpha value is -3.28. The van der Waals surface area contributed by atoms with Gasteiger partial charge in [0.2, 0.25) is 0 Å². The van der Waals surface area contributed by atoms with Gasteiger partial charge in [0.1, 0.15) is 17.3 Å². The summed E-state index contributed by atoms with van der Waals surface area (Å²) < 4.78 is 25.7. The summed E-state index contributed by atoms with van der Waals surface area (Å²) in [6.07, 6.45) is 2.32. The molecule has 0 saturated heterocycles. The highest BCUT2D eigenvalue weighted by atomic mass is 19.1. The Bertz CT molecular complexity index is 863. The molecule has 2 aromatic carbocycles. The number of hydrogen-bond donors (Lipinski definition) is 2. The van der Waals surface area contributed by atoms with Crippen LogP contribution in [0.3, 0.4) is 0 Å². The summed E-state index contributed by atoms with van der Waals surface area (Å²) in [5.74, 6) is -0.980. The first-order chi connectivity index (χ1) is 12.6. The normalized spacial score (nSPS) is 10.4. The third kappa shape index (κ3) is 4.86.